The van der Waals surface area contributed by atoms with E-state index in [1.165, 1.54) is 0 Å². The number of rotatable bonds is 0. The van der Waals surface area contributed by atoms with Crippen LogP contribution in [0, 0.1) is 0 Å². The number of fused-ring (bicyclic) bond motifs is 12. The first-order valence-electron chi connectivity index (χ1n) is 12.7. The van der Waals surface area contributed by atoms with Gasteiger partial charge in [-0.3, -0.25) is 0 Å². The zero-order valence-electron chi connectivity index (χ0n) is 21.7. The Labute approximate surface area is 216 Å². The van der Waals surface area contributed by atoms with E-state index in [-0.39, 0.29) is 10.8 Å². The van der Waals surface area contributed by atoms with Gasteiger partial charge in [0.25, 0.3) is 0 Å². The number of benzene rings is 2. The Hall–Kier alpha value is -4.32. The Kier molecular flexibility index (Phi) is 4.36. The number of amidine groups is 2. The Bertz CT molecular complexity index is 1730. The fraction of sp³-hybridized carbons (Fsp3) is 0.226. The van der Waals surface area contributed by atoms with Crippen molar-refractivity contribution in [2.24, 2.45) is 27.0 Å². The minimum Gasteiger partial charge on any atom is -0.343 e. The van der Waals surface area contributed by atoms with E-state index in [0.29, 0.717) is 0 Å². The summed E-state index contributed by atoms with van der Waals surface area (Å²) in [6.07, 6.45) is 0. The molecule has 0 saturated heterocycles. The van der Waals surface area contributed by atoms with Gasteiger partial charge in [0.05, 0.1) is 11.4 Å². The van der Waals surface area contributed by atoms with E-state index in [1.807, 2.05) is 6.07 Å². The third kappa shape index (κ3) is 3.05. The highest BCUT2D eigenvalue weighted by Gasteiger charge is 2.38. The van der Waals surface area contributed by atoms with Gasteiger partial charge in [-0.25, -0.2) is 20.0 Å². The molecular weight excluding hydrogens is 456 g/mol. The molecular formula is C31H28N6. The zero-order valence-corrected chi connectivity index (χ0v) is 21.7. The topological polar surface area (TPSA) is 70.2 Å². The van der Waals surface area contributed by atoms with Gasteiger partial charge in [0.1, 0.15) is 11.6 Å². The van der Waals surface area contributed by atoms with Crippen molar-refractivity contribution >= 4 is 34.7 Å². The van der Waals surface area contributed by atoms with Crippen LogP contribution in [0.4, 0.5) is 11.6 Å². The van der Waals surface area contributed by atoms with Crippen LogP contribution in [0.1, 0.15) is 61.3 Å². The van der Waals surface area contributed by atoms with Gasteiger partial charge in [-0.1, -0.05) is 48.5 Å². The number of aromatic amines is 1. The molecule has 182 valence electrons. The Morgan fingerprint density at radius 3 is 1.81 bits per heavy atom. The highest BCUT2D eigenvalue weighted by Crippen LogP contribution is 2.39. The quantitative estimate of drug-likeness (QED) is 0.301. The molecule has 3 aliphatic rings. The summed E-state index contributed by atoms with van der Waals surface area (Å²) in [6.45, 7) is 8.83. The van der Waals surface area contributed by atoms with Crippen molar-refractivity contribution in [3.8, 4) is 0 Å². The maximum Gasteiger partial charge on any atom is 0.162 e. The Balaban J connectivity index is 1.53. The minimum atomic E-state index is -0.383. The van der Waals surface area contributed by atoms with Gasteiger partial charge >= 0.3 is 0 Å². The van der Waals surface area contributed by atoms with E-state index in [2.05, 4.69) is 111 Å². The second-order valence-corrected chi connectivity index (χ2v) is 11.0. The smallest absolute Gasteiger partial charge is 0.162 e. The van der Waals surface area contributed by atoms with E-state index in [9.17, 15) is 0 Å². The monoisotopic (exact) mass is 484 g/mol. The lowest BCUT2D eigenvalue weighted by atomic mass is 9.80. The van der Waals surface area contributed by atoms with Crippen LogP contribution in [-0.4, -0.2) is 32.6 Å². The molecule has 0 spiro atoms. The van der Waals surface area contributed by atoms with Gasteiger partial charge in [0.2, 0.25) is 0 Å². The van der Waals surface area contributed by atoms with Gasteiger partial charge in [-0.2, -0.15) is 0 Å². The molecule has 2 aromatic heterocycles. The molecule has 0 amide bonds. The van der Waals surface area contributed by atoms with Gasteiger partial charge in [0.15, 0.2) is 11.7 Å². The lowest BCUT2D eigenvalue weighted by Crippen LogP contribution is -2.31. The predicted molar refractivity (Wildman–Crippen MR) is 151 cm³/mol. The molecule has 0 atom stereocenters. The number of nitrogens with zero attached hydrogens (tertiary/aromatic N) is 5. The number of H-pyrrole nitrogens is 1. The van der Waals surface area contributed by atoms with Crippen molar-refractivity contribution in [2.75, 3.05) is 0 Å². The van der Waals surface area contributed by atoms with Crippen molar-refractivity contribution in [1.29, 1.82) is 0 Å². The van der Waals surface area contributed by atoms with E-state index in [1.54, 1.807) is 0 Å². The Morgan fingerprint density at radius 2 is 1.16 bits per heavy atom. The lowest BCUT2D eigenvalue weighted by molar-refractivity contribution is 0.647. The van der Waals surface area contributed by atoms with E-state index < -0.39 is 0 Å². The molecule has 0 fully saturated rings. The second-order valence-electron chi connectivity index (χ2n) is 11.0. The lowest BCUT2D eigenvalue weighted by Gasteiger charge is -2.26. The molecule has 8 bridgehead atoms. The van der Waals surface area contributed by atoms with Crippen molar-refractivity contribution < 1.29 is 0 Å². The van der Waals surface area contributed by atoms with Crippen LogP contribution < -0.4 is 0 Å². The summed E-state index contributed by atoms with van der Waals surface area (Å²) < 4.78 is 2.16. The SMILES string of the molecule is Cn1c2ccc1C(C)(C)C1=NC(=Nc3ccc([nH]3)C(C)(C)C3=NC(=N2)c2ccccc23)c2ccccc21. The Morgan fingerprint density at radius 1 is 0.595 bits per heavy atom. The standard InChI is InChI=1S/C31H28N6/c1-30(2)22-14-16-24(32-22)33-28-20-12-8-7-11-19(20)27(36-28)31(3,4)23-15-17-25(37(23)5)34-29-21-13-9-6-10-18(21)26(30)35-29/h6-17,32H,1-5H3. The molecule has 0 unspecified atom stereocenters. The van der Waals surface area contributed by atoms with Crippen LogP contribution in [0.5, 0.6) is 0 Å². The van der Waals surface area contributed by atoms with E-state index in [0.717, 1.165) is 68.4 Å². The number of aliphatic imine (C=N–C) groups is 4. The van der Waals surface area contributed by atoms with Gasteiger partial charge < -0.3 is 9.55 Å². The molecule has 3 aliphatic heterocycles. The highest BCUT2D eigenvalue weighted by molar-refractivity contribution is 6.27. The third-order valence-electron chi connectivity index (χ3n) is 7.99. The van der Waals surface area contributed by atoms with Crippen molar-refractivity contribution in [3.05, 3.63) is 106 Å². The van der Waals surface area contributed by atoms with Gasteiger partial charge in [0, 0.05) is 51.5 Å². The molecule has 2 aromatic carbocycles. The van der Waals surface area contributed by atoms with Crippen LogP contribution in [0.2, 0.25) is 0 Å². The number of nitrogens with one attached hydrogen (secondary N) is 1. The molecule has 5 heterocycles. The third-order valence-corrected chi connectivity index (χ3v) is 7.99. The molecule has 0 aliphatic carbocycles. The fourth-order valence-electron chi connectivity index (χ4n) is 5.87. The van der Waals surface area contributed by atoms with Crippen molar-refractivity contribution in [2.45, 2.75) is 38.5 Å². The molecule has 1 N–H and O–H groups in total. The number of hydrogen-bond acceptors (Lipinski definition) is 4. The summed E-state index contributed by atoms with van der Waals surface area (Å²) in [6, 6.07) is 25.1. The summed E-state index contributed by atoms with van der Waals surface area (Å²) in [5.74, 6) is 3.12. The predicted octanol–water partition coefficient (Wildman–Crippen LogP) is 6.38. The van der Waals surface area contributed by atoms with Crippen LogP contribution in [0.25, 0.3) is 0 Å². The maximum atomic E-state index is 5.13. The minimum absolute atomic E-state index is 0.372. The molecule has 6 heteroatoms. The molecule has 37 heavy (non-hydrogen) atoms. The normalized spacial score (nSPS) is 18.4. The molecule has 7 rings (SSSR count). The summed E-state index contributed by atoms with van der Waals surface area (Å²) in [4.78, 5) is 23.9. The first-order chi connectivity index (χ1) is 17.7. The number of hydrogen-bond donors (Lipinski definition) is 1. The summed E-state index contributed by atoms with van der Waals surface area (Å²) in [7, 11) is 2.07. The van der Waals surface area contributed by atoms with E-state index >= 15 is 0 Å². The van der Waals surface area contributed by atoms with Crippen LogP contribution in [0.3, 0.4) is 0 Å². The average Bonchev–Trinajstić information content (AvgIpc) is 3.66. The first kappa shape index (κ1) is 21.9. The van der Waals surface area contributed by atoms with Gasteiger partial charge in [-0.15, -0.1) is 0 Å². The van der Waals surface area contributed by atoms with Gasteiger partial charge in [-0.05, 0) is 52.0 Å². The second kappa shape index (κ2) is 7.35. The largest absolute Gasteiger partial charge is 0.343 e. The summed E-state index contributed by atoms with van der Waals surface area (Å²) in [5, 5.41) is 0. The average molecular weight is 485 g/mol. The molecule has 0 radical (unpaired) electrons. The van der Waals surface area contributed by atoms with E-state index in [4.69, 9.17) is 20.0 Å². The molecule has 0 saturated carbocycles. The maximum absolute atomic E-state index is 5.13. The number of aromatic nitrogens is 2. The van der Waals surface area contributed by atoms with Crippen molar-refractivity contribution in [1.82, 2.24) is 9.55 Å². The zero-order chi connectivity index (χ0) is 25.5. The summed E-state index contributed by atoms with van der Waals surface area (Å²) >= 11 is 0. The molecule has 4 aromatic rings. The van der Waals surface area contributed by atoms with Crippen LogP contribution in [0.15, 0.2) is 92.8 Å². The van der Waals surface area contributed by atoms with Crippen LogP contribution in [-0.2, 0) is 17.9 Å². The fourth-order valence-corrected chi connectivity index (χ4v) is 5.87. The highest BCUT2D eigenvalue weighted by atomic mass is 15.1. The first-order valence-corrected chi connectivity index (χ1v) is 12.7. The summed E-state index contributed by atoms with van der Waals surface area (Å²) in [5.41, 5.74) is 7.77. The molecule has 6 nitrogen and oxygen atoms in total. The van der Waals surface area contributed by atoms with Crippen LogP contribution >= 0.6 is 0 Å². The van der Waals surface area contributed by atoms with Crippen molar-refractivity contribution in [3.63, 3.8) is 0 Å².